The first kappa shape index (κ1) is 51.8. The smallest absolute Gasteiger partial charge is 0.369 e. The van der Waals surface area contributed by atoms with Gasteiger partial charge in [0.05, 0.1) is 42.2 Å². The molecule has 0 N–H and O–H groups in total. The number of nitriles is 2. The molecule has 4 fully saturated rings. The van der Waals surface area contributed by atoms with E-state index in [1.807, 2.05) is 0 Å². The number of carbonyl (C=O) groups excluding carboxylic acids is 8. The normalized spacial score (nSPS) is 31.7. The molecule has 0 radical (unpaired) electrons. The molecule has 0 spiro atoms. The summed E-state index contributed by atoms with van der Waals surface area (Å²) in [5.74, 6) is -0.159. The highest BCUT2D eigenvalue weighted by atomic mass is 32.2. The van der Waals surface area contributed by atoms with E-state index in [0.717, 1.165) is 23.5 Å². The summed E-state index contributed by atoms with van der Waals surface area (Å²) >= 11 is 2.77. The number of nitrogens with zero attached hydrogens (tertiary/aromatic N) is 6. The summed E-state index contributed by atoms with van der Waals surface area (Å²) in [5.41, 5.74) is -1.33. The van der Waals surface area contributed by atoms with Crippen molar-refractivity contribution in [1.82, 2.24) is 19.6 Å². The lowest BCUT2D eigenvalue weighted by molar-refractivity contribution is -0.163. The van der Waals surface area contributed by atoms with E-state index >= 15 is 0 Å². The predicted octanol–water partition coefficient (Wildman–Crippen LogP) is 6.18. The Bertz CT molecular complexity index is 2640. The standard InChI is InChI=1S/C22H23N3O7S2.C22H23N3O6S2.CH4/c1-12(26)33-21(3)17(27)25-16(13-6-7-14-15(8-13)32-11-31-14)20(2,10-23)9-22(25,18(28)24(21)4)34-19(29)30-5;1-12(26)32-21(4)18(28)25-17(14-6-7-15-16(8-14)31-11-30-15)20(3,10-23)9-22(25,33-13(2)27)19(29)24(21)5;/h6-8,16H,9,11H2,1-5H3;6-8,17H,9,11H2,1-5H3;1H4/t16?,20-,21+,22+;17?,20-,21+,22+;/m11./s1. The van der Waals surface area contributed by atoms with Gasteiger partial charge in [-0.15, -0.1) is 0 Å². The molecule has 8 rings (SSSR count). The van der Waals surface area contributed by atoms with Gasteiger partial charge < -0.3 is 43.3 Å². The maximum Gasteiger partial charge on any atom is 0.369 e. The fraction of sp³-hybridized carbons (Fsp3) is 0.511. The van der Waals surface area contributed by atoms with E-state index in [1.54, 1.807) is 50.2 Å². The minimum Gasteiger partial charge on any atom is -0.461 e. The number of ether oxygens (including phenoxy) is 5. The first-order chi connectivity index (χ1) is 31.3. The molecular weight excluding hydrogens is 961 g/mol. The zero-order chi connectivity index (χ0) is 49.4. The molecule has 6 aliphatic heterocycles. The highest BCUT2D eigenvalue weighted by Crippen LogP contribution is 2.64. The van der Waals surface area contributed by atoms with Crippen LogP contribution in [0, 0.1) is 33.5 Å². The second-order valence-corrected chi connectivity index (χ2v) is 23.2. The molecule has 0 aliphatic carbocycles. The fourth-order valence-electron chi connectivity index (χ4n) is 9.77. The van der Waals surface area contributed by atoms with Gasteiger partial charge in [-0.25, -0.2) is 4.79 Å². The number of rotatable bonds is 6. The first-order valence-electron chi connectivity index (χ1n) is 20.5. The van der Waals surface area contributed by atoms with Gasteiger partial charge in [-0.3, -0.25) is 33.6 Å². The SMILES string of the molecule is C.CC(=O)S[C@@]1(C)C(=O)N2C(c3ccc4c(c3)OCO4)[C@@](C)(C#N)C[C@]2(SC(C)=O)C(=O)N1C.COC(=O)S[C@]12C[C@](C)(C#N)C(c3ccc4c(c3)OCO4)N1C(=O)[C@](C)(SC(C)=O)N(C)C2=O. The van der Waals surface area contributed by atoms with E-state index in [4.69, 9.17) is 23.7 Å². The molecule has 4 amide bonds. The molecule has 4 saturated heterocycles. The number of piperazine rings is 2. The quantitative estimate of drug-likeness (QED) is 0.293. The van der Waals surface area contributed by atoms with Crippen molar-refractivity contribution in [2.75, 3.05) is 34.8 Å². The topological polar surface area (TPSA) is 243 Å². The van der Waals surface area contributed by atoms with E-state index < -0.39 is 71.3 Å². The highest BCUT2D eigenvalue weighted by molar-refractivity contribution is 8.16. The van der Waals surface area contributed by atoms with Gasteiger partial charge in [0, 0.05) is 47.7 Å². The highest BCUT2D eigenvalue weighted by Gasteiger charge is 2.73. The van der Waals surface area contributed by atoms with Crippen LogP contribution < -0.4 is 18.9 Å². The Morgan fingerprint density at radius 2 is 0.956 bits per heavy atom. The Labute approximate surface area is 410 Å². The van der Waals surface area contributed by atoms with E-state index in [9.17, 15) is 48.9 Å². The summed E-state index contributed by atoms with van der Waals surface area (Å²) in [6, 6.07) is 13.0. The molecule has 6 heterocycles. The van der Waals surface area contributed by atoms with Crippen LogP contribution in [-0.2, 0) is 38.3 Å². The van der Waals surface area contributed by atoms with E-state index in [1.165, 1.54) is 75.4 Å². The number of likely N-dealkylation sites (N-methyl/N-ethyl adjacent to an activating group) is 2. The van der Waals surface area contributed by atoms with Gasteiger partial charge in [0.15, 0.2) is 57.8 Å². The van der Waals surface area contributed by atoms with Crippen LogP contribution in [0.25, 0.3) is 0 Å². The van der Waals surface area contributed by atoms with Crippen molar-refractivity contribution in [1.29, 1.82) is 10.5 Å². The molecular formula is C45H50N6O13S4. The molecule has 2 unspecified atom stereocenters. The first-order valence-corrected chi connectivity index (χ1v) is 23.8. The maximum absolute atomic E-state index is 14.1. The van der Waals surface area contributed by atoms with Crippen LogP contribution in [0.4, 0.5) is 4.79 Å². The van der Waals surface area contributed by atoms with E-state index in [0.29, 0.717) is 57.6 Å². The van der Waals surface area contributed by atoms with Gasteiger partial charge in [-0.05, 0) is 86.6 Å². The molecule has 0 saturated carbocycles. The fourth-order valence-corrected chi connectivity index (χ4v) is 14.3. The summed E-state index contributed by atoms with van der Waals surface area (Å²) in [5, 5.41) is 18.7. The number of benzene rings is 2. The van der Waals surface area contributed by atoms with Crippen LogP contribution in [0.15, 0.2) is 36.4 Å². The van der Waals surface area contributed by atoms with Crippen LogP contribution >= 0.6 is 47.0 Å². The third-order valence-corrected chi connectivity index (χ3v) is 17.5. The number of hydrogen-bond donors (Lipinski definition) is 0. The maximum atomic E-state index is 14.1. The largest absolute Gasteiger partial charge is 0.461 e. The number of thioether (sulfide) groups is 4. The van der Waals surface area contributed by atoms with Crippen LogP contribution in [0.2, 0.25) is 0 Å². The Balaban J connectivity index is 0.000000221. The minimum atomic E-state index is -1.73. The number of methoxy groups -OCH3 is 1. The average Bonchev–Trinajstić information content (AvgIpc) is 4.05. The molecule has 8 atom stereocenters. The number of hydrogen-bond acceptors (Lipinski definition) is 19. The van der Waals surface area contributed by atoms with Crippen LogP contribution in [0.3, 0.4) is 0 Å². The van der Waals surface area contributed by atoms with Crippen molar-refractivity contribution in [3.05, 3.63) is 47.5 Å². The van der Waals surface area contributed by atoms with E-state index in [2.05, 4.69) is 12.1 Å². The number of carbonyl (C=O) groups is 8. The average molecular weight is 1010 g/mol. The Morgan fingerprint density at radius 1 is 0.603 bits per heavy atom. The van der Waals surface area contributed by atoms with Gasteiger partial charge >= 0.3 is 5.30 Å². The second kappa shape index (κ2) is 18.0. The molecule has 6 aliphatic rings. The van der Waals surface area contributed by atoms with Crippen molar-refractivity contribution < 1.29 is 62.0 Å². The molecule has 0 bridgehead atoms. The third-order valence-electron chi connectivity index (χ3n) is 12.9. The van der Waals surface area contributed by atoms with E-state index in [-0.39, 0.29) is 49.2 Å². The molecule has 362 valence electrons. The lowest BCUT2D eigenvalue weighted by atomic mass is 9.79. The van der Waals surface area contributed by atoms with Crippen LogP contribution in [-0.4, -0.2) is 118 Å². The lowest BCUT2D eigenvalue weighted by Gasteiger charge is -2.52. The summed E-state index contributed by atoms with van der Waals surface area (Å²) in [6.07, 6.45) is -0.166. The van der Waals surface area contributed by atoms with Crippen molar-refractivity contribution in [2.24, 2.45) is 10.8 Å². The van der Waals surface area contributed by atoms with Gasteiger partial charge in [-0.2, -0.15) is 10.5 Å². The minimum absolute atomic E-state index is 0. The molecule has 0 aromatic heterocycles. The Morgan fingerprint density at radius 3 is 1.29 bits per heavy atom. The van der Waals surface area contributed by atoms with Crippen molar-refractivity contribution >= 4 is 91.3 Å². The monoisotopic (exact) mass is 1010 g/mol. The van der Waals surface area contributed by atoms with Crippen molar-refractivity contribution in [2.45, 2.75) is 100 Å². The summed E-state index contributed by atoms with van der Waals surface area (Å²) in [7, 11) is 4.05. The zero-order valence-electron chi connectivity index (χ0n) is 38.1. The Kier molecular flexibility index (Phi) is 13.7. The Hall–Kier alpha value is -5.62. The van der Waals surface area contributed by atoms with Crippen LogP contribution in [0.1, 0.15) is 91.9 Å². The molecule has 2 aromatic carbocycles. The summed E-state index contributed by atoms with van der Waals surface area (Å²) in [4.78, 5) is 104. The molecule has 19 nitrogen and oxygen atoms in total. The summed E-state index contributed by atoms with van der Waals surface area (Å²) < 4.78 is 26.6. The number of fused-ring (bicyclic) bond motifs is 4. The molecule has 2 aromatic rings. The second-order valence-electron chi connectivity index (χ2n) is 17.4. The zero-order valence-corrected chi connectivity index (χ0v) is 41.3. The van der Waals surface area contributed by atoms with Gasteiger partial charge in [-0.1, -0.05) is 43.1 Å². The van der Waals surface area contributed by atoms with Crippen molar-refractivity contribution in [3.63, 3.8) is 0 Å². The predicted molar refractivity (Wildman–Crippen MR) is 250 cm³/mol. The summed E-state index contributed by atoms with van der Waals surface area (Å²) in [6.45, 7) is 10.4. The third kappa shape index (κ3) is 7.88. The van der Waals surface area contributed by atoms with Crippen molar-refractivity contribution in [3.8, 4) is 35.1 Å². The lowest BCUT2D eigenvalue weighted by Crippen LogP contribution is -2.71. The van der Waals surface area contributed by atoms with Crippen LogP contribution in [0.5, 0.6) is 23.0 Å². The molecule has 23 heteroatoms. The van der Waals surface area contributed by atoms with Gasteiger partial charge in [0.25, 0.3) is 23.6 Å². The van der Waals surface area contributed by atoms with Gasteiger partial charge in [0.2, 0.25) is 13.6 Å². The van der Waals surface area contributed by atoms with Gasteiger partial charge in [0.1, 0.15) is 0 Å². The number of amides is 4. The molecule has 68 heavy (non-hydrogen) atoms.